The van der Waals surface area contributed by atoms with Crippen LogP contribution in [0.1, 0.15) is 24.4 Å². The summed E-state index contributed by atoms with van der Waals surface area (Å²) in [5, 5.41) is 2.72. The van der Waals surface area contributed by atoms with Crippen molar-refractivity contribution >= 4 is 17.5 Å². The van der Waals surface area contributed by atoms with Gasteiger partial charge < -0.3 is 19.7 Å². The average molecular weight is 485 g/mol. The van der Waals surface area contributed by atoms with Crippen molar-refractivity contribution in [1.82, 2.24) is 14.7 Å². The fourth-order valence-electron chi connectivity index (χ4n) is 4.86. The van der Waals surface area contributed by atoms with Gasteiger partial charge in [-0.25, -0.2) is 4.39 Å². The molecule has 0 radical (unpaired) electrons. The molecule has 0 saturated carbocycles. The Balaban J connectivity index is 1.27. The molecule has 2 heterocycles. The maximum Gasteiger partial charge on any atom is 0.238 e. The number of carbonyl (C=O) groups is 2. The summed E-state index contributed by atoms with van der Waals surface area (Å²) in [5.74, 6) is 1.05. The summed E-state index contributed by atoms with van der Waals surface area (Å²) in [7, 11) is 3.28. The lowest BCUT2D eigenvalue weighted by atomic mass is 10.0. The second-order valence-corrected chi connectivity index (χ2v) is 8.95. The molecule has 0 bridgehead atoms. The van der Waals surface area contributed by atoms with Crippen molar-refractivity contribution in [3.63, 3.8) is 0 Å². The van der Waals surface area contributed by atoms with Crippen molar-refractivity contribution in [3.05, 3.63) is 53.8 Å². The molecule has 35 heavy (non-hydrogen) atoms. The molecule has 2 amide bonds. The minimum atomic E-state index is -0.388. The lowest BCUT2D eigenvalue weighted by Gasteiger charge is -2.36. The van der Waals surface area contributed by atoms with Gasteiger partial charge in [-0.05, 0) is 43.7 Å². The molecular weight excluding hydrogens is 451 g/mol. The summed E-state index contributed by atoms with van der Waals surface area (Å²) >= 11 is 0. The summed E-state index contributed by atoms with van der Waals surface area (Å²) in [6.45, 7) is 3.85. The molecule has 1 atom stereocenters. The van der Waals surface area contributed by atoms with Crippen molar-refractivity contribution in [1.29, 1.82) is 0 Å². The van der Waals surface area contributed by atoms with Gasteiger partial charge in [-0.3, -0.25) is 19.4 Å². The number of hydrogen-bond acceptors (Lipinski definition) is 6. The van der Waals surface area contributed by atoms with Crippen molar-refractivity contribution < 1.29 is 23.5 Å². The second-order valence-electron chi connectivity index (χ2n) is 8.95. The minimum absolute atomic E-state index is 0.105. The first-order valence-electron chi connectivity index (χ1n) is 12.0. The smallest absolute Gasteiger partial charge is 0.238 e. The van der Waals surface area contributed by atoms with Crippen LogP contribution in [0.25, 0.3) is 0 Å². The molecule has 2 fully saturated rings. The third-order valence-corrected chi connectivity index (χ3v) is 6.70. The number of anilines is 1. The van der Waals surface area contributed by atoms with Crippen LogP contribution < -0.4 is 14.8 Å². The van der Waals surface area contributed by atoms with Crippen LogP contribution in [0.2, 0.25) is 0 Å². The maximum absolute atomic E-state index is 13.3. The van der Waals surface area contributed by atoms with Crippen LogP contribution in [-0.2, 0) is 9.59 Å². The average Bonchev–Trinajstić information content (AvgIpc) is 3.31. The predicted molar refractivity (Wildman–Crippen MR) is 131 cm³/mol. The normalized spacial score (nSPS) is 18.9. The van der Waals surface area contributed by atoms with E-state index in [1.807, 2.05) is 28.0 Å². The zero-order chi connectivity index (χ0) is 24.8. The van der Waals surface area contributed by atoms with Crippen molar-refractivity contribution in [2.45, 2.75) is 18.9 Å². The molecule has 2 aromatic carbocycles. The Kier molecular flexibility index (Phi) is 8.20. The first-order chi connectivity index (χ1) is 17.0. The van der Waals surface area contributed by atoms with E-state index in [4.69, 9.17) is 9.47 Å². The Labute approximate surface area is 205 Å². The van der Waals surface area contributed by atoms with Crippen LogP contribution >= 0.6 is 0 Å². The van der Waals surface area contributed by atoms with E-state index < -0.39 is 0 Å². The molecule has 2 aliphatic heterocycles. The van der Waals surface area contributed by atoms with E-state index in [9.17, 15) is 14.0 Å². The van der Waals surface area contributed by atoms with E-state index in [0.717, 1.165) is 36.4 Å². The topological polar surface area (TPSA) is 74.4 Å². The number of amides is 2. The number of rotatable bonds is 8. The number of hydrogen-bond donors (Lipinski definition) is 1. The fourth-order valence-corrected chi connectivity index (χ4v) is 4.86. The molecule has 188 valence electrons. The summed E-state index contributed by atoms with van der Waals surface area (Å²) in [5.41, 5.74) is 1.52. The largest absolute Gasteiger partial charge is 0.497 e. The Morgan fingerprint density at radius 2 is 1.80 bits per heavy atom. The first-order valence-corrected chi connectivity index (χ1v) is 12.0. The number of piperazine rings is 1. The molecule has 2 aromatic rings. The maximum atomic E-state index is 13.3. The highest BCUT2D eigenvalue weighted by molar-refractivity contribution is 5.92. The van der Waals surface area contributed by atoms with Gasteiger partial charge in [0, 0.05) is 49.5 Å². The Morgan fingerprint density at radius 3 is 2.51 bits per heavy atom. The molecule has 0 aliphatic carbocycles. The fraction of sp³-hybridized carbons (Fsp3) is 0.462. The summed E-state index contributed by atoms with van der Waals surface area (Å²) < 4.78 is 24.2. The Hall–Kier alpha value is -3.17. The first kappa shape index (κ1) is 24.9. The molecule has 9 heteroatoms. The van der Waals surface area contributed by atoms with Gasteiger partial charge in [-0.2, -0.15) is 0 Å². The van der Waals surface area contributed by atoms with Crippen LogP contribution in [0.5, 0.6) is 11.5 Å². The quantitative estimate of drug-likeness (QED) is 0.621. The Morgan fingerprint density at radius 1 is 1.00 bits per heavy atom. The van der Waals surface area contributed by atoms with Crippen LogP contribution in [-0.4, -0.2) is 86.5 Å². The summed E-state index contributed by atoms with van der Waals surface area (Å²) in [6.07, 6.45) is 2.01. The van der Waals surface area contributed by atoms with E-state index in [0.29, 0.717) is 38.4 Å². The number of nitrogens with zero attached hydrogens (tertiary/aromatic N) is 3. The number of halogens is 1. The SMILES string of the molecule is COc1ccc([C@@H]2CCCN2CC(=O)N2CCN(CC(=O)Nc3cccc(F)c3)CC2)c(OC)c1. The van der Waals surface area contributed by atoms with Gasteiger partial charge in [0.15, 0.2) is 0 Å². The summed E-state index contributed by atoms with van der Waals surface area (Å²) in [4.78, 5) is 31.5. The van der Waals surface area contributed by atoms with Crippen LogP contribution in [0.4, 0.5) is 10.1 Å². The van der Waals surface area contributed by atoms with Crippen LogP contribution in [0.3, 0.4) is 0 Å². The molecule has 8 nitrogen and oxygen atoms in total. The zero-order valence-corrected chi connectivity index (χ0v) is 20.3. The van der Waals surface area contributed by atoms with Gasteiger partial charge in [-0.1, -0.05) is 12.1 Å². The molecule has 1 N–H and O–H groups in total. The molecule has 2 aliphatic rings. The summed E-state index contributed by atoms with van der Waals surface area (Å²) in [6, 6.07) is 11.8. The lowest BCUT2D eigenvalue weighted by Crippen LogP contribution is -2.52. The third-order valence-electron chi connectivity index (χ3n) is 6.70. The highest BCUT2D eigenvalue weighted by atomic mass is 19.1. The minimum Gasteiger partial charge on any atom is -0.497 e. The van der Waals surface area contributed by atoms with E-state index in [1.165, 1.54) is 12.1 Å². The number of methoxy groups -OCH3 is 2. The molecule has 2 saturated heterocycles. The van der Waals surface area contributed by atoms with Gasteiger partial charge in [0.25, 0.3) is 0 Å². The zero-order valence-electron chi connectivity index (χ0n) is 20.3. The van der Waals surface area contributed by atoms with Crippen molar-refractivity contribution in [2.75, 3.05) is 65.3 Å². The van der Waals surface area contributed by atoms with Crippen LogP contribution in [0, 0.1) is 5.82 Å². The molecular formula is C26H33FN4O4. The lowest BCUT2D eigenvalue weighted by molar-refractivity contribution is -0.134. The highest BCUT2D eigenvalue weighted by Gasteiger charge is 2.32. The monoisotopic (exact) mass is 484 g/mol. The number of ether oxygens (including phenoxy) is 2. The standard InChI is InChI=1S/C26H33FN4O4/c1-34-21-8-9-22(24(16-21)35-2)23-7-4-10-31(23)18-26(33)30-13-11-29(12-14-30)17-25(32)28-20-6-3-5-19(27)15-20/h3,5-6,8-9,15-16,23H,4,7,10-14,17-18H2,1-2H3,(H,28,32)/t23-/m0/s1. The van der Waals surface area contributed by atoms with Gasteiger partial charge in [-0.15, -0.1) is 0 Å². The number of carbonyl (C=O) groups excluding carboxylic acids is 2. The van der Waals surface area contributed by atoms with Crippen molar-refractivity contribution in [3.8, 4) is 11.5 Å². The molecule has 0 unspecified atom stereocenters. The number of nitrogens with one attached hydrogen (secondary N) is 1. The van der Waals surface area contributed by atoms with E-state index in [1.54, 1.807) is 26.4 Å². The van der Waals surface area contributed by atoms with Gasteiger partial charge in [0.1, 0.15) is 17.3 Å². The third kappa shape index (κ3) is 6.29. The van der Waals surface area contributed by atoms with Gasteiger partial charge >= 0.3 is 0 Å². The Bertz CT molecular complexity index is 1040. The number of benzene rings is 2. The van der Waals surface area contributed by atoms with Gasteiger partial charge in [0.05, 0.1) is 27.3 Å². The highest BCUT2D eigenvalue weighted by Crippen LogP contribution is 2.38. The molecule has 0 aromatic heterocycles. The second kappa shape index (κ2) is 11.5. The number of likely N-dealkylation sites (tertiary alicyclic amines) is 1. The van der Waals surface area contributed by atoms with E-state index in [2.05, 4.69) is 10.2 Å². The van der Waals surface area contributed by atoms with E-state index >= 15 is 0 Å². The predicted octanol–water partition coefficient (Wildman–Crippen LogP) is 2.76. The van der Waals surface area contributed by atoms with Gasteiger partial charge in [0.2, 0.25) is 11.8 Å². The molecule has 4 rings (SSSR count). The van der Waals surface area contributed by atoms with E-state index in [-0.39, 0.29) is 30.2 Å². The molecule has 0 spiro atoms. The van der Waals surface area contributed by atoms with Crippen LogP contribution in [0.15, 0.2) is 42.5 Å². The van der Waals surface area contributed by atoms with Crippen molar-refractivity contribution in [2.24, 2.45) is 0 Å².